The van der Waals surface area contributed by atoms with Crippen molar-refractivity contribution in [1.29, 1.82) is 0 Å². The maximum absolute atomic E-state index is 12.6. The van der Waals surface area contributed by atoms with Crippen LogP contribution in [-0.2, 0) is 14.3 Å². The molecule has 0 aliphatic heterocycles. The van der Waals surface area contributed by atoms with Gasteiger partial charge < -0.3 is 18.8 Å². The van der Waals surface area contributed by atoms with Crippen LogP contribution in [0.4, 0.5) is 0 Å². The van der Waals surface area contributed by atoms with Crippen LogP contribution >= 0.6 is 0 Å². The molecule has 0 saturated carbocycles. The third-order valence-electron chi connectivity index (χ3n) is 5.12. The van der Waals surface area contributed by atoms with E-state index in [1.165, 1.54) is 12.1 Å². The first kappa shape index (κ1) is 22.6. The molecule has 0 radical (unpaired) electrons. The molecule has 3 rings (SSSR count). The number of hydrogen-bond donors (Lipinski definition) is 0. The lowest BCUT2D eigenvalue weighted by atomic mass is 9.88. The van der Waals surface area contributed by atoms with E-state index in [-0.39, 0.29) is 41.4 Å². The molecule has 164 valence electrons. The summed E-state index contributed by atoms with van der Waals surface area (Å²) in [5.74, 6) is -2.64. The van der Waals surface area contributed by atoms with Crippen molar-refractivity contribution < 1.29 is 33.1 Å². The third kappa shape index (κ3) is 5.15. The molecular weight excluding hydrogens is 402 g/mol. The van der Waals surface area contributed by atoms with Gasteiger partial charge >= 0.3 is 5.97 Å². The van der Waals surface area contributed by atoms with Crippen molar-refractivity contribution >= 4 is 23.3 Å². The number of rotatable bonds is 11. The van der Waals surface area contributed by atoms with Crippen LogP contribution in [-0.4, -0.2) is 67.7 Å². The van der Waals surface area contributed by atoms with Crippen LogP contribution in [0.3, 0.4) is 0 Å². The van der Waals surface area contributed by atoms with Gasteiger partial charge in [-0.25, -0.2) is 0 Å². The number of ether oxygens (including phenoxy) is 2. The molecule has 0 N–H and O–H groups in total. The molecule has 1 aliphatic rings. The number of carbonyl (C=O) groups excluding carboxylic acids is 4. The number of likely N-dealkylation sites (N-methyl/N-ethyl adjacent to an activating group) is 1. The number of Topliss-reactive ketones (excluding diaryl/α,β-unsaturated/α-hetero) is 1. The first-order chi connectivity index (χ1) is 15.0. The van der Waals surface area contributed by atoms with Crippen molar-refractivity contribution in [3.05, 3.63) is 58.5 Å². The Bertz CT molecular complexity index is 935. The fourth-order valence-electron chi connectivity index (χ4n) is 3.33. The number of ketones is 3. The number of furan rings is 1. The van der Waals surface area contributed by atoms with Crippen LogP contribution in [0.5, 0.6) is 0 Å². The van der Waals surface area contributed by atoms with Gasteiger partial charge in [0.1, 0.15) is 13.0 Å². The normalized spacial score (nSPS) is 12.6. The topological polar surface area (TPSA) is 103 Å². The minimum absolute atomic E-state index is 0.0296. The van der Waals surface area contributed by atoms with E-state index >= 15 is 0 Å². The van der Waals surface area contributed by atoms with Gasteiger partial charge in [-0.2, -0.15) is 0 Å². The van der Waals surface area contributed by atoms with Crippen molar-refractivity contribution in [2.45, 2.75) is 20.3 Å². The van der Waals surface area contributed by atoms with Crippen LogP contribution in [0.1, 0.15) is 62.9 Å². The van der Waals surface area contributed by atoms with Crippen LogP contribution in [0.25, 0.3) is 0 Å². The summed E-state index contributed by atoms with van der Waals surface area (Å²) in [5.41, 5.74) is 0.524. The number of fused-ring (bicyclic) bond motifs is 2. The predicted molar refractivity (Wildman–Crippen MR) is 111 cm³/mol. The van der Waals surface area contributed by atoms with Gasteiger partial charge in [0.05, 0.1) is 18.8 Å². The standard InChI is InChI=1S/C23H25NO7/c1-3-24(4-2)9-10-29-11-12-30-20(26)14-18(25)19-13-17-21(27)15-7-5-6-8-16(15)22(28)23(17)31-19/h5-8,13H,3-4,9-12,14H2,1-2H3. The van der Waals surface area contributed by atoms with Crippen molar-refractivity contribution in [3.63, 3.8) is 0 Å². The fourth-order valence-corrected chi connectivity index (χ4v) is 3.33. The molecule has 0 bridgehead atoms. The van der Waals surface area contributed by atoms with Gasteiger partial charge in [0.2, 0.25) is 11.6 Å². The SMILES string of the molecule is CCN(CC)CCOCCOC(=O)CC(=O)c1cc2c(o1)C(=O)c1ccccc1C2=O. The van der Waals surface area contributed by atoms with Gasteiger partial charge in [-0.15, -0.1) is 0 Å². The van der Waals surface area contributed by atoms with E-state index in [0.29, 0.717) is 6.61 Å². The predicted octanol–water partition coefficient (Wildman–Crippen LogP) is 2.53. The number of esters is 1. The summed E-state index contributed by atoms with van der Waals surface area (Å²) in [6, 6.07) is 7.60. The Balaban J connectivity index is 1.50. The Morgan fingerprint density at radius 1 is 0.935 bits per heavy atom. The van der Waals surface area contributed by atoms with Crippen molar-refractivity contribution in [2.75, 3.05) is 39.5 Å². The molecule has 8 nitrogen and oxygen atoms in total. The van der Waals surface area contributed by atoms with E-state index in [1.54, 1.807) is 18.2 Å². The molecule has 1 aromatic carbocycles. The van der Waals surface area contributed by atoms with E-state index in [1.807, 2.05) is 0 Å². The van der Waals surface area contributed by atoms with Crippen LogP contribution in [0.15, 0.2) is 34.7 Å². The number of hydrogen-bond acceptors (Lipinski definition) is 8. The molecule has 0 saturated heterocycles. The Labute approximate surface area is 180 Å². The summed E-state index contributed by atoms with van der Waals surface area (Å²) < 4.78 is 15.8. The highest BCUT2D eigenvalue weighted by Crippen LogP contribution is 2.30. The van der Waals surface area contributed by atoms with E-state index in [2.05, 4.69) is 18.7 Å². The largest absolute Gasteiger partial charge is 0.463 e. The molecule has 1 aliphatic carbocycles. The number of nitrogens with zero attached hydrogens (tertiary/aromatic N) is 1. The Morgan fingerprint density at radius 3 is 2.29 bits per heavy atom. The summed E-state index contributed by atoms with van der Waals surface area (Å²) in [4.78, 5) is 51.7. The zero-order chi connectivity index (χ0) is 22.4. The molecule has 8 heteroatoms. The Kier molecular flexibility index (Phi) is 7.49. The van der Waals surface area contributed by atoms with Crippen LogP contribution in [0, 0.1) is 0 Å². The van der Waals surface area contributed by atoms with Gasteiger partial charge in [0.25, 0.3) is 0 Å². The molecule has 0 spiro atoms. The quantitative estimate of drug-likeness (QED) is 0.199. The molecule has 31 heavy (non-hydrogen) atoms. The number of carbonyl (C=O) groups is 4. The van der Waals surface area contributed by atoms with E-state index in [4.69, 9.17) is 13.9 Å². The molecule has 1 aromatic heterocycles. The molecule has 1 heterocycles. The second-order valence-electron chi connectivity index (χ2n) is 7.02. The van der Waals surface area contributed by atoms with Crippen LogP contribution < -0.4 is 0 Å². The Morgan fingerprint density at radius 2 is 1.61 bits per heavy atom. The van der Waals surface area contributed by atoms with Gasteiger partial charge in [-0.05, 0) is 19.2 Å². The van der Waals surface area contributed by atoms with Gasteiger partial charge in [0, 0.05) is 17.7 Å². The average Bonchev–Trinajstić information content (AvgIpc) is 3.23. The maximum Gasteiger partial charge on any atom is 0.313 e. The van der Waals surface area contributed by atoms with Gasteiger partial charge in [-0.1, -0.05) is 38.1 Å². The van der Waals surface area contributed by atoms with Crippen molar-refractivity contribution in [2.24, 2.45) is 0 Å². The zero-order valence-electron chi connectivity index (χ0n) is 17.6. The minimum Gasteiger partial charge on any atom is -0.463 e. The Hall–Kier alpha value is -3.10. The number of benzene rings is 1. The first-order valence-electron chi connectivity index (χ1n) is 10.3. The highest BCUT2D eigenvalue weighted by Gasteiger charge is 2.34. The summed E-state index contributed by atoms with van der Waals surface area (Å²) in [6.07, 6.45) is -0.554. The monoisotopic (exact) mass is 427 g/mol. The molecular formula is C23H25NO7. The second kappa shape index (κ2) is 10.3. The molecule has 0 amide bonds. The summed E-state index contributed by atoms with van der Waals surface area (Å²) in [7, 11) is 0. The average molecular weight is 427 g/mol. The lowest BCUT2D eigenvalue weighted by Crippen LogP contribution is -2.27. The molecule has 0 atom stereocenters. The highest BCUT2D eigenvalue weighted by atomic mass is 16.6. The van der Waals surface area contributed by atoms with E-state index in [0.717, 1.165) is 19.6 Å². The van der Waals surface area contributed by atoms with Crippen molar-refractivity contribution in [1.82, 2.24) is 4.90 Å². The summed E-state index contributed by atoms with van der Waals surface area (Å²) in [6.45, 7) is 7.62. The van der Waals surface area contributed by atoms with Crippen molar-refractivity contribution in [3.8, 4) is 0 Å². The van der Waals surface area contributed by atoms with Gasteiger partial charge in [0.15, 0.2) is 17.3 Å². The first-order valence-corrected chi connectivity index (χ1v) is 10.3. The fraction of sp³-hybridized carbons (Fsp3) is 0.391. The van der Waals surface area contributed by atoms with E-state index in [9.17, 15) is 19.2 Å². The molecule has 0 unspecified atom stereocenters. The molecule has 2 aromatic rings. The smallest absolute Gasteiger partial charge is 0.313 e. The second-order valence-corrected chi connectivity index (χ2v) is 7.02. The lowest BCUT2D eigenvalue weighted by Gasteiger charge is -2.17. The maximum atomic E-state index is 12.6. The van der Waals surface area contributed by atoms with E-state index < -0.39 is 29.7 Å². The van der Waals surface area contributed by atoms with Crippen LogP contribution in [0.2, 0.25) is 0 Å². The lowest BCUT2D eigenvalue weighted by molar-refractivity contribution is -0.144. The van der Waals surface area contributed by atoms with Gasteiger partial charge in [-0.3, -0.25) is 19.2 Å². The third-order valence-corrected chi connectivity index (χ3v) is 5.12. The minimum atomic E-state index is -0.729. The zero-order valence-corrected chi connectivity index (χ0v) is 17.6. The highest BCUT2D eigenvalue weighted by molar-refractivity contribution is 6.28. The molecule has 0 fully saturated rings. The summed E-state index contributed by atoms with van der Waals surface area (Å²) in [5, 5.41) is 0. The summed E-state index contributed by atoms with van der Waals surface area (Å²) >= 11 is 0.